The number of H-pyrrole nitrogens is 1. The van der Waals surface area contributed by atoms with Crippen LogP contribution in [0.15, 0.2) is 24.4 Å². The topological polar surface area (TPSA) is 79.6 Å². The lowest BCUT2D eigenvalue weighted by molar-refractivity contribution is 1.05. The van der Waals surface area contributed by atoms with Crippen molar-refractivity contribution in [3.63, 3.8) is 0 Å². The first-order chi connectivity index (χ1) is 6.74. The van der Waals surface area contributed by atoms with E-state index in [1.807, 2.05) is 13.0 Å². The van der Waals surface area contributed by atoms with Gasteiger partial charge in [0.2, 0.25) is 0 Å². The Morgan fingerprint density at radius 1 is 1.36 bits per heavy atom. The summed E-state index contributed by atoms with van der Waals surface area (Å²) in [5, 5.41) is 9.90. The van der Waals surface area contributed by atoms with Crippen molar-refractivity contribution in [3.8, 4) is 0 Å². The second kappa shape index (κ2) is 3.37. The van der Waals surface area contributed by atoms with Crippen molar-refractivity contribution < 1.29 is 0 Å². The van der Waals surface area contributed by atoms with E-state index < -0.39 is 0 Å². The number of anilines is 3. The standard InChI is InChI=1S/C9H11N5/c1-6-4-9(14-13-6)12-8-3-2-7(10)5-11-8/h2-5H,10H2,1H3,(H2,11,12,13,14). The van der Waals surface area contributed by atoms with Crippen LogP contribution in [0.5, 0.6) is 0 Å². The molecule has 2 heterocycles. The molecule has 0 aliphatic carbocycles. The third-order valence-corrected chi connectivity index (χ3v) is 1.75. The predicted molar refractivity (Wildman–Crippen MR) is 55.3 cm³/mol. The zero-order chi connectivity index (χ0) is 9.97. The van der Waals surface area contributed by atoms with E-state index in [2.05, 4.69) is 20.5 Å². The summed E-state index contributed by atoms with van der Waals surface area (Å²) in [6, 6.07) is 5.49. The maximum atomic E-state index is 5.51. The highest BCUT2D eigenvalue weighted by molar-refractivity contribution is 5.53. The Morgan fingerprint density at radius 2 is 2.21 bits per heavy atom. The van der Waals surface area contributed by atoms with Gasteiger partial charge in [0.25, 0.3) is 0 Å². The zero-order valence-electron chi connectivity index (χ0n) is 7.78. The molecule has 0 aliphatic heterocycles. The second-order valence-electron chi connectivity index (χ2n) is 3.04. The average molecular weight is 189 g/mol. The van der Waals surface area contributed by atoms with Gasteiger partial charge in [0.1, 0.15) is 5.82 Å². The number of aryl methyl sites for hydroxylation is 1. The van der Waals surface area contributed by atoms with Crippen LogP contribution in [-0.4, -0.2) is 15.2 Å². The van der Waals surface area contributed by atoms with Gasteiger partial charge in [-0.25, -0.2) is 4.98 Å². The Labute approximate surface area is 81.4 Å². The Hall–Kier alpha value is -2.04. The summed E-state index contributed by atoms with van der Waals surface area (Å²) in [4.78, 5) is 4.09. The van der Waals surface area contributed by atoms with Gasteiger partial charge < -0.3 is 11.1 Å². The molecule has 0 aliphatic rings. The summed E-state index contributed by atoms with van der Waals surface area (Å²) in [7, 11) is 0. The highest BCUT2D eigenvalue weighted by Gasteiger charge is 1.98. The quantitative estimate of drug-likeness (QED) is 0.667. The molecule has 0 amide bonds. The first-order valence-corrected chi connectivity index (χ1v) is 4.24. The maximum absolute atomic E-state index is 5.51. The van der Waals surface area contributed by atoms with Crippen molar-refractivity contribution in [2.75, 3.05) is 11.1 Å². The molecule has 4 N–H and O–H groups in total. The van der Waals surface area contributed by atoms with E-state index in [1.165, 1.54) is 0 Å². The molecule has 0 atom stereocenters. The highest BCUT2D eigenvalue weighted by Crippen LogP contribution is 2.12. The van der Waals surface area contributed by atoms with Gasteiger partial charge in [-0.1, -0.05) is 0 Å². The molecule has 5 heteroatoms. The van der Waals surface area contributed by atoms with E-state index >= 15 is 0 Å². The summed E-state index contributed by atoms with van der Waals surface area (Å²) in [6.45, 7) is 1.94. The molecule has 0 saturated carbocycles. The molecule has 0 bridgehead atoms. The van der Waals surface area contributed by atoms with Crippen LogP contribution < -0.4 is 11.1 Å². The maximum Gasteiger partial charge on any atom is 0.153 e. The van der Waals surface area contributed by atoms with Crippen LogP contribution in [0.25, 0.3) is 0 Å². The number of aromatic nitrogens is 3. The number of hydrogen-bond donors (Lipinski definition) is 3. The molecule has 2 aromatic rings. The number of nitrogens with two attached hydrogens (primary N) is 1. The Kier molecular flexibility index (Phi) is 2.06. The molecular weight excluding hydrogens is 178 g/mol. The molecule has 72 valence electrons. The fourth-order valence-electron chi connectivity index (χ4n) is 1.09. The van der Waals surface area contributed by atoms with Gasteiger partial charge in [0, 0.05) is 11.8 Å². The fraction of sp³-hybridized carbons (Fsp3) is 0.111. The van der Waals surface area contributed by atoms with Crippen LogP contribution in [0.3, 0.4) is 0 Å². The smallest absolute Gasteiger partial charge is 0.153 e. The lowest BCUT2D eigenvalue weighted by Crippen LogP contribution is -1.94. The minimum absolute atomic E-state index is 0.647. The first-order valence-electron chi connectivity index (χ1n) is 4.24. The van der Waals surface area contributed by atoms with Crippen molar-refractivity contribution >= 4 is 17.3 Å². The minimum Gasteiger partial charge on any atom is -0.397 e. The van der Waals surface area contributed by atoms with E-state index in [1.54, 1.807) is 18.3 Å². The number of nitrogens with one attached hydrogen (secondary N) is 2. The van der Waals surface area contributed by atoms with Crippen molar-refractivity contribution in [3.05, 3.63) is 30.1 Å². The summed E-state index contributed by atoms with van der Waals surface area (Å²) in [6.07, 6.45) is 1.60. The fourth-order valence-corrected chi connectivity index (χ4v) is 1.09. The Bertz CT molecular complexity index is 417. The zero-order valence-corrected chi connectivity index (χ0v) is 7.78. The third kappa shape index (κ3) is 1.82. The molecule has 0 saturated heterocycles. The number of aromatic amines is 1. The van der Waals surface area contributed by atoms with E-state index in [0.29, 0.717) is 5.69 Å². The first kappa shape index (κ1) is 8.55. The van der Waals surface area contributed by atoms with Gasteiger partial charge in [-0.05, 0) is 19.1 Å². The van der Waals surface area contributed by atoms with Crippen molar-refractivity contribution in [1.82, 2.24) is 15.2 Å². The second-order valence-corrected chi connectivity index (χ2v) is 3.04. The summed E-state index contributed by atoms with van der Waals surface area (Å²) in [5.41, 5.74) is 7.16. The van der Waals surface area contributed by atoms with Crippen LogP contribution >= 0.6 is 0 Å². The van der Waals surface area contributed by atoms with Crippen molar-refractivity contribution in [1.29, 1.82) is 0 Å². The monoisotopic (exact) mass is 189 g/mol. The van der Waals surface area contributed by atoms with E-state index in [-0.39, 0.29) is 0 Å². The summed E-state index contributed by atoms with van der Waals surface area (Å²) in [5.74, 6) is 1.48. The van der Waals surface area contributed by atoms with E-state index in [4.69, 9.17) is 5.73 Å². The number of nitrogens with zero attached hydrogens (tertiary/aromatic N) is 2. The Morgan fingerprint density at radius 3 is 2.79 bits per heavy atom. The number of rotatable bonds is 2. The largest absolute Gasteiger partial charge is 0.397 e. The summed E-state index contributed by atoms with van der Waals surface area (Å²) >= 11 is 0. The van der Waals surface area contributed by atoms with Crippen LogP contribution in [-0.2, 0) is 0 Å². The van der Waals surface area contributed by atoms with Crippen LogP contribution in [0.4, 0.5) is 17.3 Å². The molecule has 0 fully saturated rings. The van der Waals surface area contributed by atoms with Gasteiger partial charge in [0.05, 0.1) is 11.9 Å². The average Bonchev–Trinajstić information content (AvgIpc) is 2.56. The van der Waals surface area contributed by atoms with Gasteiger partial charge in [-0.3, -0.25) is 5.10 Å². The van der Waals surface area contributed by atoms with Gasteiger partial charge in [0.15, 0.2) is 5.82 Å². The van der Waals surface area contributed by atoms with Crippen LogP contribution in [0, 0.1) is 6.92 Å². The number of hydrogen-bond acceptors (Lipinski definition) is 4. The van der Waals surface area contributed by atoms with Gasteiger partial charge in [-0.15, -0.1) is 0 Å². The molecule has 0 unspecified atom stereocenters. The molecule has 14 heavy (non-hydrogen) atoms. The van der Waals surface area contributed by atoms with Crippen LogP contribution in [0.1, 0.15) is 5.69 Å². The van der Waals surface area contributed by atoms with Crippen molar-refractivity contribution in [2.24, 2.45) is 0 Å². The molecule has 0 radical (unpaired) electrons. The van der Waals surface area contributed by atoms with Crippen molar-refractivity contribution in [2.45, 2.75) is 6.92 Å². The number of nitrogen functional groups attached to an aromatic ring is 1. The third-order valence-electron chi connectivity index (χ3n) is 1.75. The van der Waals surface area contributed by atoms with Gasteiger partial charge in [-0.2, -0.15) is 5.10 Å². The lowest BCUT2D eigenvalue weighted by Gasteiger charge is -2.00. The summed E-state index contributed by atoms with van der Waals surface area (Å²) < 4.78 is 0. The molecule has 0 spiro atoms. The van der Waals surface area contributed by atoms with E-state index in [0.717, 1.165) is 17.3 Å². The molecule has 0 aromatic carbocycles. The van der Waals surface area contributed by atoms with Crippen LogP contribution in [0.2, 0.25) is 0 Å². The predicted octanol–water partition coefficient (Wildman–Crippen LogP) is 1.44. The number of pyridine rings is 1. The van der Waals surface area contributed by atoms with Gasteiger partial charge >= 0.3 is 0 Å². The highest BCUT2D eigenvalue weighted by atomic mass is 15.2. The lowest BCUT2D eigenvalue weighted by atomic mass is 10.4. The molecule has 2 rings (SSSR count). The normalized spacial score (nSPS) is 10.1. The molecular formula is C9H11N5. The Balaban J connectivity index is 2.15. The minimum atomic E-state index is 0.647. The molecule has 5 nitrogen and oxygen atoms in total. The van der Waals surface area contributed by atoms with E-state index in [9.17, 15) is 0 Å². The molecule has 2 aromatic heterocycles. The SMILES string of the molecule is Cc1cc(Nc2ccc(N)cn2)n[nH]1.